The van der Waals surface area contributed by atoms with Crippen molar-refractivity contribution in [3.8, 4) is 11.5 Å². The van der Waals surface area contributed by atoms with Gasteiger partial charge >= 0.3 is 0 Å². The number of hydrogen-bond donors (Lipinski definition) is 1. The number of β-lactam (4-membered cyclic amide) rings is 1. The highest BCUT2D eigenvalue weighted by atomic mass is 16.7. The molecule has 0 aromatic heterocycles. The average Bonchev–Trinajstić information content (AvgIpc) is 3.06. The molecule has 0 aliphatic carbocycles. The number of rotatable bonds is 3. The molecule has 0 unspecified atom stereocenters. The highest BCUT2D eigenvalue weighted by Gasteiger charge is 2.46. The first-order valence-electron chi connectivity index (χ1n) is 7.76. The van der Waals surface area contributed by atoms with E-state index in [0.717, 1.165) is 23.4 Å². The summed E-state index contributed by atoms with van der Waals surface area (Å²) in [7, 11) is 0. The van der Waals surface area contributed by atoms with Crippen LogP contribution in [0.25, 0.3) is 0 Å². The molecule has 1 fully saturated rings. The van der Waals surface area contributed by atoms with Crippen LogP contribution < -0.4 is 20.1 Å². The normalized spacial score (nSPS) is 22.2. The minimum Gasteiger partial charge on any atom is -0.454 e. The summed E-state index contributed by atoms with van der Waals surface area (Å²) in [6, 6.07) is 13.1. The van der Waals surface area contributed by atoms with E-state index >= 15 is 0 Å². The number of aryl methyl sites for hydroxylation is 1. The number of hydrogen-bond acceptors (Lipinski definition) is 4. The van der Waals surface area contributed by atoms with Crippen molar-refractivity contribution in [3.63, 3.8) is 0 Å². The fraction of sp³-hybridized carbons (Fsp3) is 0.278. The molecule has 23 heavy (non-hydrogen) atoms. The van der Waals surface area contributed by atoms with Crippen LogP contribution in [0, 0.1) is 0 Å². The van der Waals surface area contributed by atoms with Gasteiger partial charge in [0, 0.05) is 5.69 Å². The van der Waals surface area contributed by atoms with Crippen LogP contribution in [-0.2, 0) is 11.2 Å². The van der Waals surface area contributed by atoms with Gasteiger partial charge in [-0.2, -0.15) is 0 Å². The van der Waals surface area contributed by atoms with Crippen molar-refractivity contribution in [1.29, 1.82) is 0 Å². The minimum absolute atomic E-state index is 0.0584. The molecule has 5 nitrogen and oxygen atoms in total. The van der Waals surface area contributed by atoms with E-state index in [-0.39, 0.29) is 18.7 Å². The summed E-state index contributed by atoms with van der Waals surface area (Å²) in [5.74, 6) is 1.37. The Balaban J connectivity index is 1.67. The lowest BCUT2D eigenvalue weighted by atomic mass is 9.88. The fourth-order valence-electron chi connectivity index (χ4n) is 3.14. The van der Waals surface area contributed by atoms with Crippen molar-refractivity contribution >= 4 is 11.6 Å². The summed E-state index contributed by atoms with van der Waals surface area (Å²) in [5, 5.41) is 0. The van der Waals surface area contributed by atoms with Crippen LogP contribution in [-0.4, -0.2) is 18.7 Å². The smallest absolute Gasteiger partial charge is 0.247 e. The molecule has 0 spiro atoms. The quantitative estimate of drug-likeness (QED) is 0.884. The zero-order chi connectivity index (χ0) is 16.0. The summed E-state index contributed by atoms with van der Waals surface area (Å²) in [5.41, 5.74) is 9.14. The molecule has 2 heterocycles. The Morgan fingerprint density at radius 2 is 1.87 bits per heavy atom. The Bertz CT molecular complexity index is 757. The number of benzene rings is 2. The van der Waals surface area contributed by atoms with E-state index in [2.05, 4.69) is 6.92 Å². The molecule has 0 radical (unpaired) electrons. The van der Waals surface area contributed by atoms with Crippen molar-refractivity contribution < 1.29 is 14.3 Å². The van der Waals surface area contributed by atoms with E-state index in [4.69, 9.17) is 15.2 Å². The van der Waals surface area contributed by atoms with Gasteiger partial charge < -0.3 is 20.1 Å². The third-order valence-electron chi connectivity index (χ3n) is 4.50. The van der Waals surface area contributed by atoms with E-state index < -0.39 is 6.04 Å². The fourth-order valence-corrected chi connectivity index (χ4v) is 3.14. The summed E-state index contributed by atoms with van der Waals surface area (Å²) in [6.07, 6.45) is 0.972. The van der Waals surface area contributed by atoms with Crippen molar-refractivity contribution in [2.45, 2.75) is 25.4 Å². The molecular formula is C18H18N2O3. The van der Waals surface area contributed by atoms with Crippen molar-refractivity contribution in [1.82, 2.24) is 0 Å². The van der Waals surface area contributed by atoms with Crippen LogP contribution >= 0.6 is 0 Å². The molecule has 2 atom stereocenters. The Hall–Kier alpha value is -2.53. The van der Waals surface area contributed by atoms with E-state index in [1.807, 2.05) is 42.5 Å². The van der Waals surface area contributed by atoms with E-state index in [9.17, 15) is 4.79 Å². The molecule has 0 saturated carbocycles. The molecule has 118 valence electrons. The largest absolute Gasteiger partial charge is 0.454 e. The maximum atomic E-state index is 12.3. The maximum Gasteiger partial charge on any atom is 0.247 e. The SMILES string of the molecule is CCc1ccc(N2C(=O)[C@@H](N)[C@@H]2c2ccc3c(c2)OCO3)cc1. The van der Waals surface area contributed by atoms with Gasteiger partial charge in [-0.15, -0.1) is 0 Å². The molecule has 4 rings (SSSR count). The van der Waals surface area contributed by atoms with Crippen molar-refractivity contribution in [3.05, 3.63) is 53.6 Å². The number of nitrogens with two attached hydrogens (primary N) is 1. The lowest BCUT2D eigenvalue weighted by Crippen LogP contribution is -2.63. The van der Waals surface area contributed by atoms with Crippen LogP contribution in [0.4, 0.5) is 5.69 Å². The van der Waals surface area contributed by atoms with Gasteiger partial charge in [0.15, 0.2) is 11.5 Å². The molecule has 2 N–H and O–H groups in total. The summed E-state index contributed by atoms with van der Waals surface area (Å²) in [4.78, 5) is 14.0. The van der Waals surface area contributed by atoms with Gasteiger partial charge in [-0.1, -0.05) is 25.1 Å². The van der Waals surface area contributed by atoms with Crippen LogP contribution in [0.5, 0.6) is 11.5 Å². The predicted molar refractivity (Wildman–Crippen MR) is 86.6 cm³/mol. The van der Waals surface area contributed by atoms with Crippen LogP contribution in [0.2, 0.25) is 0 Å². The zero-order valence-corrected chi connectivity index (χ0v) is 12.9. The summed E-state index contributed by atoms with van der Waals surface area (Å²) < 4.78 is 10.8. The molecule has 5 heteroatoms. The first kappa shape index (κ1) is 14.1. The van der Waals surface area contributed by atoms with E-state index in [0.29, 0.717) is 5.75 Å². The Labute approximate surface area is 134 Å². The summed E-state index contributed by atoms with van der Waals surface area (Å²) in [6.45, 7) is 2.34. The molecule has 2 aromatic carbocycles. The van der Waals surface area contributed by atoms with Gasteiger partial charge in [-0.3, -0.25) is 4.79 Å². The first-order valence-corrected chi connectivity index (χ1v) is 7.76. The van der Waals surface area contributed by atoms with E-state index in [1.54, 1.807) is 4.90 Å². The van der Waals surface area contributed by atoms with Gasteiger partial charge in [-0.05, 0) is 41.8 Å². The Morgan fingerprint density at radius 1 is 1.13 bits per heavy atom. The molecule has 2 aliphatic rings. The van der Waals surface area contributed by atoms with Gasteiger partial charge in [0.1, 0.15) is 6.04 Å². The number of ether oxygens (including phenoxy) is 2. The number of carbonyl (C=O) groups is 1. The van der Waals surface area contributed by atoms with Crippen molar-refractivity contribution in [2.24, 2.45) is 5.73 Å². The standard InChI is InChI=1S/C18H18N2O3/c1-2-11-3-6-13(7-4-11)20-17(16(19)18(20)21)12-5-8-14-15(9-12)23-10-22-14/h3-9,16-17H,2,10,19H2,1H3/t16-,17-/m0/s1. The van der Waals surface area contributed by atoms with Gasteiger partial charge in [0.2, 0.25) is 12.7 Å². The second-order valence-corrected chi connectivity index (χ2v) is 5.81. The molecule has 0 bridgehead atoms. The molecule has 2 aliphatic heterocycles. The number of carbonyl (C=O) groups excluding carboxylic acids is 1. The lowest BCUT2D eigenvalue weighted by molar-refractivity contribution is -0.126. The highest BCUT2D eigenvalue weighted by molar-refractivity contribution is 6.05. The first-order chi connectivity index (χ1) is 11.2. The van der Waals surface area contributed by atoms with Crippen LogP contribution in [0.1, 0.15) is 24.1 Å². The van der Waals surface area contributed by atoms with E-state index in [1.165, 1.54) is 5.56 Å². The maximum absolute atomic E-state index is 12.3. The van der Waals surface area contributed by atoms with Gasteiger partial charge in [0.25, 0.3) is 0 Å². The number of amides is 1. The average molecular weight is 310 g/mol. The third kappa shape index (κ3) is 2.16. The minimum atomic E-state index is -0.527. The summed E-state index contributed by atoms with van der Waals surface area (Å²) >= 11 is 0. The molecule has 1 amide bonds. The lowest BCUT2D eigenvalue weighted by Gasteiger charge is -2.45. The topological polar surface area (TPSA) is 64.8 Å². The highest BCUT2D eigenvalue weighted by Crippen LogP contribution is 2.42. The van der Waals surface area contributed by atoms with Crippen LogP contribution in [0.3, 0.4) is 0 Å². The monoisotopic (exact) mass is 310 g/mol. The number of fused-ring (bicyclic) bond motifs is 1. The second kappa shape index (κ2) is 5.28. The number of nitrogens with zero attached hydrogens (tertiary/aromatic N) is 1. The molecular weight excluding hydrogens is 292 g/mol. The molecule has 1 saturated heterocycles. The van der Waals surface area contributed by atoms with Gasteiger partial charge in [-0.25, -0.2) is 0 Å². The predicted octanol–water partition coefficient (Wildman–Crippen LogP) is 2.39. The Kier molecular flexibility index (Phi) is 3.23. The third-order valence-corrected chi connectivity index (χ3v) is 4.50. The van der Waals surface area contributed by atoms with Crippen molar-refractivity contribution in [2.75, 3.05) is 11.7 Å². The van der Waals surface area contributed by atoms with Gasteiger partial charge in [0.05, 0.1) is 6.04 Å². The Morgan fingerprint density at radius 3 is 2.61 bits per heavy atom. The van der Waals surface area contributed by atoms with Crippen LogP contribution in [0.15, 0.2) is 42.5 Å². The molecule has 2 aromatic rings. The number of anilines is 1. The second-order valence-electron chi connectivity index (χ2n) is 5.81. The zero-order valence-electron chi connectivity index (χ0n) is 12.9.